The Balaban J connectivity index is 1.71. The Bertz CT molecular complexity index is 1170. The lowest BCUT2D eigenvalue weighted by Crippen LogP contribution is -2.08. The maximum atomic E-state index is 12.1. The zero-order valence-electron chi connectivity index (χ0n) is 15.1. The van der Waals surface area contributed by atoms with E-state index in [0.29, 0.717) is 28.7 Å². The Morgan fingerprint density at radius 1 is 1.18 bits per heavy atom. The number of hydrogen-bond acceptors (Lipinski definition) is 6. The van der Waals surface area contributed by atoms with Gasteiger partial charge in [-0.1, -0.05) is 48.9 Å². The molecule has 0 atom stereocenters. The predicted molar refractivity (Wildman–Crippen MR) is 105 cm³/mol. The molecule has 0 fully saturated rings. The second kappa shape index (κ2) is 7.82. The first-order valence-electron chi connectivity index (χ1n) is 8.86. The van der Waals surface area contributed by atoms with Crippen molar-refractivity contribution in [2.75, 3.05) is 0 Å². The van der Waals surface area contributed by atoms with E-state index < -0.39 is 5.63 Å². The van der Waals surface area contributed by atoms with Gasteiger partial charge in [-0.15, -0.1) is 5.10 Å². The van der Waals surface area contributed by atoms with E-state index in [0.717, 1.165) is 22.9 Å². The number of rotatable bonds is 6. The van der Waals surface area contributed by atoms with Crippen molar-refractivity contribution in [1.29, 1.82) is 0 Å². The number of aromatic nitrogens is 4. The molecule has 0 unspecified atom stereocenters. The topological polar surface area (TPSA) is 83.0 Å². The number of fused-ring (bicyclic) bond motifs is 1. The van der Waals surface area contributed by atoms with Crippen molar-refractivity contribution < 1.29 is 9.15 Å². The van der Waals surface area contributed by atoms with E-state index in [-0.39, 0.29) is 6.61 Å². The lowest BCUT2D eigenvalue weighted by atomic mass is 10.0. The zero-order valence-corrected chi connectivity index (χ0v) is 15.9. The molecule has 142 valence electrons. The summed E-state index contributed by atoms with van der Waals surface area (Å²) in [5.74, 6) is 0.992. The fourth-order valence-corrected chi connectivity index (χ4v) is 3.20. The molecular formula is C20H17ClN4O3. The third-order valence-electron chi connectivity index (χ3n) is 4.28. The van der Waals surface area contributed by atoms with Gasteiger partial charge >= 0.3 is 5.63 Å². The minimum absolute atomic E-state index is 0.154. The zero-order chi connectivity index (χ0) is 19.5. The van der Waals surface area contributed by atoms with Crippen LogP contribution in [-0.4, -0.2) is 20.2 Å². The number of benzene rings is 2. The molecule has 0 radical (unpaired) electrons. The monoisotopic (exact) mass is 396 g/mol. The maximum absolute atomic E-state index is 12.1. The molecule has 2 aromatic heterocycles. The number of tetrazole rings is 1. The summed E-state index contributed by atoms with van der Waals surface area (Å²) in [6, 6.07) is 14.4. The fraction of sp³-hybridized carbons (Fsp3) is 0.200. The van der Waals surface area contributed by atoms with Crippen molar-refractivity contribution in [3.63, 3.8) is 0 Å². The first-order valence-corrected chi connectivity index (χ1v) is 9.24. The van der Waals surface area contributed by atoms with Crippen molar-refractivity contribution in [2.45, 2.75) is 26.5 Å². The van der Waals surface area contributed by atoms with Crippen LogP contribution in [-0.2, 0) is 13.2 Å². The molecule has 0 aliphatic carbocycles. The van der Waals surface area contributed by atoms with E-state index in [1.165, 1.54) is 6.07 Å². The van der Waals surface area contributed by atoms with Crippen LogP contribution in [0.2, 0.25) is 5.02 Å². The molecule has 0 spiro atoms. The van der Waals surface area contributed by atoms with Crippen molar-refractivity contribution in [2.24, 2.45) is 0 Å². The van der Waals surface area contributed by atoms with E-state index in [9.17, 15) is 4.79 Å². The molecule has 2 heterocycles. The van der Waals surface area contributed by atoms with Crippen LogP contribution >= 0.6 is 11.6 Å². The summed E-state index contributed by atoms with van der Waals surface area (Å²) >= 11 is 6.44. The highest BCUT2D eigenvalue weighted by molar-refractivity contribution is 6.33. The summed E-state index contributed by atoms with van der Waals surface area (Å²) in [7, 11) is 0. The summed E-state index contributed by atoms with van der Waals surface area (Å²) in [6.07, 6.45) is 0.905. The highest BCUT2D eigenvalue weighted by Crippen LogP contribution is 2.35. The quantitative estimate of drug-likeness (QED) is 0.456. The standard InChI is InChI=1S/C20H17ClN4O3/c1-2-8-25-19(22-23-24-25)12-27-18-11-17-15(9-16(18)21)14(10-20(26)28-17)13-6-4-3-5-7-13/h3-7,9-11H,2,8,12H2,1H3. The van der Waals surface area contributed by atoms with Gasteiger partial charge in [0.05, 0.1) is 5.02 Å². The van der Waals surface area contributed by atoms with E-state index in [1.54, 1.807) is 16.8 Å². The Hall–Kier alpha value is -3.19. The molecule has 4 aromatic rings. The molecule has 28 heavy (non-hydrogen) atoms. The molecule has 0 amide bonds. The van der Waals surface area contributed by atoms with Gasteiger partial charge in [-0.05, 0) is 34.0 Å². The molecule has 0 bridgehead atoms. The molecule has 0 aliphatic heterocycles. The molecule has 8 heteroatoms. The Kier molecular flexibility index (Phi) is 5.08. The van der Waals surface area contributed by atoms with Crippen LogP contribution in [0.25, 0.3) is 22.1 Å². The minimum Gasteiger partial charge on any atom is -0.484 e. The highest BCUT2D eigenvalue weighted by Gasteiger charge is 2.14. The van der Waals surface area contributed by atoms with Gasteiger partial charge in [0.15, 0.2) is 5.82 Å². The molecule has 7 nitrogen and oxygen atoms in total. The van der Waals surface area contributed by atoms with E-state index in [4.69, 9.17) is 20.8 Å². The van der Waals surface area contributed by atoms with Gasteiger partial charge in [0.1, 0.15) is 17.9 Å². The van der Waals surface area contributed by atoms with Gasteiger partial charge in [-0.3, -0.25) is 0 Å². The first-order chi connectivity index (χ1) is 13.7. The predicted octanol–water partition coefficient (Wildman–Crippen LogP) is 4.09. The Morgan fingerprint density at radius 2 is 2.00 bits per heavy atom. The lowest BCUT2D eigenvalue weighted by molar-refractivity contribution is 0.286. The van der Waals surface area contributed by atoms with Gasteiger partial charge < -0.3 is 9.15 Å². The van der Waals surface area contributed by atoms with Crippen molar-refractivity contribution >= 4 is 22.6 Å². The first kappa shape index (κ1) is 18.2. The van der Waals surface area contributed by atoms with Crippen molar-refractivity contribution in [1.82, 2.24) is 20.2 Å². The second-order valence-electron chi connectivity index (χ2n) is 6.23. The molecular weight excluding hydrogens is 380 g/mol. The average molecular weight is 397 g/mol. The van der Waals surface area contributed by atoms with Gasteiger partial charge in [-0.25, -0.2) is 9.48 Å². The van der Waals surface area contributed by atoms with Crippen LogP contribution in [0.3, 0.4) is 0 Å². The van der Waals surface area contributed by atoms with Crippen LogP contribution in [0.1, 0.15) is 19.2 Å². The smallest absolute Gasteiger partial charge is 0.336 e. The Morgan fingerprint density at radius 3 is 2.79 bits per heavy atom. The maximum Gasteiger partial charge on any atom is 0.336 e. The third-order valence-corrected chi connectivity index (χ3v) is 4.58. The van der Waals surface area contributed by atoms with Gasteiger partial charge in [-0.2, -0.15) is 0 Å². The van der Waals surface area contributed by atoms with Crippen LogP contribution in [0.4, 0.5) is 0 Å². The number of aryl methyl sites for hydroxylation is 1. The van der Waals surface area contributed by atoms with Gasteiger partial charge in [0, 0.05) is 24.1 Å². The number of ether oxygens (including phenoxy) is 1. The van der Waals surface area contributed by atoms with Gasteiger partial charge in [0.2, 0.25) is 0 Å². The summed E-state index contributed by atoms with van der Waals surface area (Å²) in [5.41, 5.74) is 1.63. The summed E-state index contributed by atoms with van der Waals surface area (Å²) in [6.45, 7) is 2.89. The average Bonchev–Trinajstić information content (AvgIpc) is 3.14. The van der Waals surface area contributed by atoms with Crippen LogP contribution in [0, 0.1) is 0 Å². The summed E-state index contributed by atoms with van der Waals surface area (Å²) < 4.78 is 12.9. The number of hydrogen-bond donors (Lipinski definition) is 0. The fourth-order valence-electron chi connectivity index (χ4n) is 2.98. The Labute approximate surface area is 165 Å². The molecule has 4 rings (SSSR count). The molecule has 0 saturated heterocycles. The largest absolute Gasteiger partial charge is 0.484 e. The van der Waals surface area contributed by atoms with E-state index in [1.807, 2.05) is 37.3 Å². The van der Waals surface area contributed by atoms with Crippen LogP contribution in [0.5, 0.6) is 5.75 Å². The number of nitrogens with zero attached hydrogens (tertiary/aromatic N) is 4. The van der Waals surface area contributed by atoms with Crippen LogP contribution < -0.4 is 10.4 Å². The molecule has 0 aliphatic rings. The minimum atomic E-state index is -0.438. The van der Waals surface area contributed by atoms with E-state index >= 15 is 0 Å². The molecule has 0 N–H and O–H groups in total. The molecule has 2 aromatic carbocycles. The summed E-state index contributed by atoms with van der Waals surface area (Å²) in [4.78, 5) is 12.1. The van der Waals surface area contributed by atoms with Crippen LogP contribution in [0.15, 0.2) is 57.7 Å². The van der Waals surface area contributed by atoms with Crippen molar-refractivity contribution in [3.8, 4) is 16.9 Å². The summed E-state index contributed by atoms with van der Waals surface area (Å²) in [5, 5.41) is 12.7. The number of halogens is 1. The normalized spacial score (nSPS) is 11.1. The van der Waals surface area contributed by atoms with Crippen molar-refractivity contribution in [3.05, 3.63) is 69.8 Å². The lowest BCUT2D eigenvalue weighted by Gasteiger charge is -2.11. The third kappa shape index (κ3) is 3.61. The highest BCUT2D eigenvalue weighted by atomic mass is 35.5. The second-order valence-corrected chi connectivity index (χ2v) is 6.64. The molecule has 0 saturated carbocycles. The van der Waals surface area contributed by atoms with E-state index in [2.05, 4.69) is 15.5 Å². The SMILES string of the molecule is CCCn1nnnc1COc1cc2oc(=O)cc(-c3ccccc3)c2cc1Cl. The van der Waals surface area contributed by atoms with Gasteiger partial charge in [0.25, 0.3) is 0 Å².